The van der Waals surface area contributed by atoms with Crippen LogP contribution < -0.4 is 5.32 Å². The Morgan fingerprint density at radius 2 is 1.94 bits per heavy atom. The molecular formula is C10H18F3N3. The molecule has 3 nitrogen and oxygen atoms in total. The fourth-order valence-electron chi connectivity index (χ4n) is 2.60. The second-order valence-corrected chi connectivity index (χ2v) is 4.72. The molecular weight excluding hydrogens is 219 g/mol. The Balaban J connectivity index is 2.15. The van der Waals surface area contributed by atoms with Gasteiger partial charge in [0.25, 0.3) is 0 Å². The topological polar surface area (TPSA) is 18.5 Å². The van der Waals surface area contributed by atoms with Gasteiger partial charge >= 0.3 is 6.18 Å². The quantitative estimate of drug-likeness (QED) is 0.657. The highest BCUT2D eigenvalue weighted by atomic mass is 19.4. The van der Waals surface area contributed by atoms with E-state index < -0.39 is 12.1 Å². The van der Waals surface area contributed by atoms with Crippen molar-refractivity contribution in [3.05, 3.63) is 0 Å². The van der Waals surface area contributed by atoms with Crippen molar-refractivity contribution in [3.63, 3.8) is 0 Å². The van der Waals surface area contributed by atoms with E-state index in [4.69, 9.17) is 0 Å². The molecule has 0 bridgehead atoms. The highest BCUT2D eigenvalue weighted by molar-refractivity contribution is 4.92. The van der Waals surface area contributed by atoms with Gasteiger partial charge in [0.2, 0.25) is 0 Å². The Bertz CT molecular complexity index is 244. The van der Waals surface area contributed by atoms with Crippen LogP contribution in [0.3, 0.4) is 0 Å². The van der Waals surface area contributed by atoms with Gasteiger partial charge in [-0.2, -0.15) is 13.2 Å². The van der Waals surface area contributed by atoms with Crippen molar-refractivity contribution in [1.29, 1.82) is 0 Å². The Morgan fingerprint density at radius 1 is 1.19 bits per heavy atom. The summed E-state index contributed by atoms with van der Waals surface area (Å²) in [6.07, 6.45) is -4.10. The van der Waals surface area contributed by atoms with Crippen LogP contribution in [-0.4, -0.2) is 68.3 Å². The fourth-order valence-corrected chi connectivity index (χ4v) is 2.60. The van der Waals surface area contributed by atoms with Gasteiger partial charge in [-0.1, -0.05) is 0 Å². The Hall–Kier alpha value is -0.330. The number of fused-ring (bicyclic) bond motifs is 1. The van der Waals surface area contributed by atoms with Crippen LogP contribution in [0.5, 0.6) is 0 Å². The maximum absolute atomic E-state index is 12.9. The molecule has 6 heteroatoms. The summed E-state index contributed by atoms with van der Waals surface area (Å²) >= 11 is 0. The van der Waals surface area contributed by atoms with E-state index in [-0.39, 0.29) is 12.6 Å². The van der Waals surface area contributed by atoms with E-state index in [1.807, 2.05) is 16.8 Å². The molecule has 0 amide bonds. The van der Waals surface area contributed by atoms with E-state index >= 15 is 0 Å². The highest BCUT2D eigenvalue weighted by Gasteiger charge is 2.48. The first-order chi connectivity index (χ1) is 7.48. The number of nitrogens with zero attached hydrogens (tertiary/aromatic N) is 2. The van der Waals surface area contributed by atoms with E-state index in [9.17, 15) is 13.2 Å². The molecule has 0 spiro atoms. The predicted molar refractivity (Wildman–Crippen MR) is 55.3 cm³/mol. The average molecular weight is 237 g/mol. The summed E-state index contributed by atoms with van der Waals surface area (Å²) in [6.45, 7) is 3.57. The van der Waals surface area contributed by atoms with Crippen molar-refractivity contribution in [2.24, 2.45) is 5.92 Å². The predicted octanol–water partition coefficient (Wildman–Crippen LogP) is 0.384. The van der Waals surface area contributed by atoms with Crippen molar-refractivity contribution in [1.82, 2.24) is 15.1 Å². The number of rotatable bonds is 0. The molecule has 0 aromatic carbocycles. The second-order valence-electron chi connectivity index (χ2n) is 4.72. The molecule has 0 radical (unpaired) electrons. The molecule has 0 aliphatic carbocycles. The van der Waals surface area contributed by atoms with E-state index in [0.29, 0.717) is 13.1 Å². The lowest BCUT2D eigenvalue weighted by Gasteiger charge is -2.42. The molecule has 2 aliphatic rings. The van der Waals surface area contributed by atoms with Gasteiger partial charge in [0, 0.05) is 45.3 Å². The molecule has 0 aromatic rings. The third-order valence-electron chi connectivity index (χ3n) is 3.56. The largest absolute Gasteiger partial charge is 0.394 e. The number of hydrogen-bond donors (Lipinski definition) is 1. The summed E-state index contributed by atoms with van der Waals surface area (Å²) in [5, 5.41) is 2.89. The summed E-state index contributed by atoms with van der Waals surface area (Å²) in [7, 11) is 1.89. The van der Waals surface area contributed by atoms with Crippen molar-refractivity contribution >= 4 is 0 Å². The molecule has 0 aromatic heterocycles. The third kappa shape index (κ3) is 2.49. The molecule has 1 N–H and O–H groups in total. The van der Waals surface area contributed by atoms with E-state index in [1.165, 1.54) is 0 Å². The molecule has 2 atom stereocenters. The Labute approximate surface area is 93.6 Å². The Kier molecular flexibility index (Phi) is 3.42. The zero-order valence-corrected chi connectivity index (χ0v) is 9.43. The van der Waals surface area contributed by atoms with Crippen LogP contribution in [0.2, 0.25) is 0 Å². The molecule has 0 saturated carbocycles. The van der Waals surface area contributed by atoms with Crippen LogP contribution in [0, 0.1) is 5.92 Å². The number of nitrogens with one attached hydrogen (secondary N) is 1. The van der Waals surface area contributed by atoms with Gasteiger partial charge < -0.3 is 10.2 Å². The lowest BCUT2D eigenvalue weighted by Crippen LogP contribution is -2.57. The summed E-state index contributed by atoms with van der Waals surface area (Å²) in [6, 6.07) is -0.381. The molecule has 16 heavy (non-hydrogen) atoms. The van der Waals surface area contributed by atoms with Gasteiger partial charge in [-0.3, -0.25) is 4.90 Å². The normalized spacial score (nSPS) is 34.5. The molecule has 2 unspecified atom stereocenters. The van der Waals surface area contributed by atoms with Gasteiger partial charge in [0.1, 0.15) is 0 Å². The van der Waals surface area contributed by atoms with Crippen molar-refractivity contribution in [2.45, 2.75) is 12.2 Å². The number of piperazine rings is 1. The van der Waals surface area contributed by atoms with Crippen molar-refractivity contribution < 1.29 is 13.2 Å². The maximum Gasteiger partial charge on any atom is 0.394 e. The van der Waals surface area contributed by atoms with Gasteiger partial charge in [-0.25, -0.2) is 0 Å². The molecule has 94 valence electrons. The molecule has 2 fully saturated rings. The smallest absolute Gasteiger partial charge is 0.315 e. The molecule has 2 rings (SSSR count). The Morgan fingerprint density at radius 3 is 2.62 bits per heavy atom. The SMILES string of the molecule is CN1CCN2CCNCC(C(F)(F)F)C2C1. The summed E-state index contributed by atoms with van der Waals surface area (Å²) in [5.74, 6) is -1.24. The minimum absolute atomic E-state index is 0.0541. The van der Waals surface area contributed by atoms with Crippen LogP contribution in [-0.2, 0) is 0 Å². The first-order valence-electron chi connectivity index (χ1n) is 5.68. The van der Waals surface area contributed by atoms with E-state index in [0.717, 1.165) is 19.6 Å². The lowest BCUT2D eigenvalue weighted by molar-refractivity contribution is -0.192. The monoisotopic (exact) mass is 237 g/mol. The summed E-state index contributed by atoms with van der Waals surface area (Å²) in [5.41, 5.74) is 0. The van der Waals surface area contributed by atoms with E-state index in [2.05, 4.69) is 5.32 Å². The minimum atomic E-state index is -4.10. The van der Waals surface area contributed by atoms with Crippen LogP contribution in [0.15, 0.2) is 0 Å². The van der Waals surface area contributed by atoms with Gasteiger partial charge in [-0.05, 0) is 7.05 Å². The first-order valence-corrected chi connectivity index (χ1v) is 5.68. The van der Waals surface area contributed by atoms with Gasteiger partial charge in [0.15, 0.2) is 0 Å². The van der Waals surface area contributed by atoms with Gasteiger partial charge in [-0.15, -0.1) is 0 Å². The van der Waals surface area contributed by atoms with Crippen molar-refractivity contribution in [3.8, 4) is 0 Å². The van der Waals surface area contributed by atoms with Crippen molar-refractivity contribution in [2.75, 3.05) is 46.3 Å². The number of halogens is 3. The average Bonchev–Trinajstić information content (AvgIpc) is 2.38. The number of hydrogen-bond acceptors (Lipinski definition) is 3. The van der Waals surface area contributed by atoms with E-state index in [1.54, 1.807) is 0 Å². The number of likely N-dealkylation sites (N-methyl/N-ethyl adjacent to an activating group) is 1. The zero-order valence-electron chi connectivity index (χ0n) is 9.43. The van der Waals surface area contributed by atoms with Crippen LogP contribution in [0.4, 0.5) is 13.2 Å². The lowest BCUT2D eigenvalue weighted by atomic mass is 9.96. The summed E-state index contributed by atoms with van der Waals surface area (Å²) < 4.78 is 38.8. The third-order valence-corrected chi connectivity index (χ3v) is 3.56. The maximum atomic E-state index is 12.9. The number of alkyl halides is 3. The molecule has 2 aliphatic heterocycles. The summed E-state index contributed by atoms with van der Waals surface area (Å²) in [4.78, 5) is 3.98. The standard InChI is InChI=1S/C10H18F3N3/c1-15-4-5-16-3-2-14-6-8(9(16)7-15)10(11,12)13/h8-9,14H,2-7H2,1H3. The zero-order chi connectivity index (χ0) is 11.8. The molecule has 2 heterocycles. The highest BCUT2D eigenvalue weighted by Crippen LogP contribution is 2.33. The molecule has 2 saturated heterocycles. The minimum Gasteiger partial charge on any atom is -0.315 e. The second kappa shape index (κ2) is 4.50. The van der Waals surface area contributed by atoms with Crippen LogP contribution in [0.25, 0.3) is 0 Å². The van der Waals surface area contributed by atoms with Gasteiger partial charge in [0.05, 0.1) is 5.92 Å². The first kappa shape index (κ1) is 12.1. The fraction of sp³-hybridized carbons (Fsp3) is 1.00. The van der Waals surface area contributed by atoms with Crippen LogP contribution in [0.1, 0.15) is 0 Å². The van der Waals surface area contributed by atoms with Crippen LogP contribution >= 0.6 is 0 Å².